The Morgan fingerprint density at radius 3 is 2.38 bits per heavy atom. The number of carbonyl (C=O) groups is 1. The number of hydrogen-bond donors (Lipinski definition) is 1. The average Bonchev–Trinajstić information content (AvgIpc) is 3.11. The molecule has 0 aliphatic heterocycles. The molecule has 0 spiro atoms. The summed E-state index contributed by atoms with van der Waals surface area (Å²) >= 11 is 0. The topological polar surface area (TPSA) is 98.5 Å². The lowest BCUT2D eigenvalue weighted by Gasteiger charge is -2.06. The van der Waals surface area contributed by atoms with Gasteiger partial charge in [-0.1, -0.05) is 48.5 Å². The number of esters is 1. The number of ether oxygens (including phenoxy) is 1. The molecule has 152 valence electrons. The van der Waals surface area contributed by atoms with Gasteiger partial charge in [-0.2, -0.15) is 0 Å². The first-order valence-corrected chi connectivity index (χ1v) is 10.8. The van der Waals surface area contributed by atoms with Crippen molar-refractivity contribution < 1.29 is 22.4 Å². The van der Waals surface area contributed by atoms with Crippen LogP contribution in [0.3, 0.4) is 0 Å². The first-order chi connectivity index (χ1) is 14.0. The van der Waals surface area contributed by atoms with E-state index in [1.165, 1.54) is 12.1 Å². The molecule has 0 saturated heterocycles. The minimum Gasteiger partial charge on any atom is -0.466 e. The fraction of sp³-hybridized carbons (Fsp3) is 0.238. The van der Waals surface area contributed by atoms with E-state index in [0.717, 1.165) is 5.56 Å². The SMILES string of the molecule is CCOC(=O)CCCc1nc(-c2ccccc2)c(NS(=O)(=O)c2ccccc2)o1. The Morgan fingerprint density at radius 2 is 1.72 bits per heavy atom. The molecule has 1 N–H and O–H groups in total. The molecule has 0 amide bonds. The minimum absolute atomic E-state index is 0.0474. The number of carbonyl (C=O) groups excluding carboxylic acids is 1. The molecule has 29 heavy (non-hydrogen) atoms. The molecule has 0 fully saturated rings. The summed E-state index contributed by atoms with van der Waals surface area (Å²) in [5, 5.41) is 0. The molecular weight excluding hydrogens is 392 g/mol. The molecule has 0 saturated carbocycles. The maximum atomic E-state index is 12.7. The van der Waals surface area contributed by atoms with E-state index in [0.29, 0.717) is 31.0 Å². The normalized spacial score (nSPS) is 11.2. The van der Waals surface area contributed by atoms with E-state index >= 15 is 0 Å². The van der Waals surface area contributed by atoms with Gasteiger partial charge >= 0.3 is 5.97 Å². The molecule has 0 aliphatic carbocycles. The van der Waals surface area contributed by atoms with Gasteiger partial charge in [0.15, 0.2) is 5.89 Å². The third-order valence-corrected chi connectivity index (χ3v) is 5.42. The predicted molar refractivity (Wildman–Crippen MR) is 109 cm³/mol. The van der Waals surface area contributed by atoms with Gasteiger partial charge in [0.25, 0.3) is 10.0 Å². The minimum atomic E-state index is -3.83. The second-order valence-corrected chi connectivity index (χ2v) is 7.91. The van der Waals surface area contributed by atoms with Crippen LogP contribution in [0.4, 0.5) is 5.88 Å². The highest BCUT2D eigenvalue weighted by Gasteiger charge is 2.22. The summed E-state index contributed by atoms with van der Waals surface area (Å²) in [6.45, 7) is 2.09. The van der Waals surface area contributed by atoms with E-state index < -0.39 is 10.0 Å². The average molecular weight is 414 g/mol. The molecular formula is C21H22N2O5S. The lowest BCUT2D eigenvalue weighted by atomic mass is 10.1. The first kappa shape index (κ1) is 20.6. The van der Waals surface area contributed by atoms with Crippen LogP contribution in [-0.2, 0) is 26.0 Å². The van der Waals surface area contributed by atoms with Gasteiger partial charge in [0.1, 0.15) is 5.69 Å². The highest BCUT2D eigenvalue weighted by molar-refractivity contribution is 7.92. The Kier molecular flexibility index (Phi) is 6.66. The second-order valence-electron chi connectivity index (χ2n) is 6.23. The van der Waals surface area contributed by atoms with E-state index in [2.05, 4.69) is 9.71 Å². The van der Waals surface area contributed by atoms with Crippen molar-refractivity contribution in [1.82, 2.24) is 4.98 Å². The highest BCUT2D eigenvalue weighted by Crippen LogP contribution is 2.30. The Hall–Kier alpha value is -3.13. The Balaban J connectivity index is 1.85. The fourth-order valence-electron chi connectivity index (χ4n) is 2.73. The van der Waals surface area contributed by atoms with E-state index in [9.17, 15) is 13.2 Å². The Bertz CT molecular complexity index is 1050. The molecule has 7 nitrogen and oxygen atoms in total. The number of aryl methyl sites for hydroxylation is 1. The summed E-state index contributed by atoms with van der Waals surface area (Å²) in [5.41, 5.74) is 1.12. The molecule has 1 heterocycles. The quantitative estimate of drug-likeness (QED) is 0.531. The molecule has 8 heteroatoms. The number of rotatable bonds is 9. The molecule has 1 aromatic heterocycles. The van der Waals surface area contributed by atoms with Crippen molar-refractivity contribution in [2.75, 3.05) is 11.3 Å². The first-order valence-electron chi connectivity index (χ1n) is 9.28. The van der Waals surface area contributed by atoms with Gasteiger partial charge < -0.3 is 9.15 Å². The van der Waals surface area contributed by atoms with Crippen molar-refractivity contribution in [2.24, 2.45) is 0 Å². The largest absolute Gasteiger partial charge is 0.466 e. The molecule has 0 bridgehead atoms. The molecule has 0 unspecified atom stereocenters. The number of hydrogen-bond acceptors (Lipinski definition) is 6. The summed E-state index contributed by atoms with van der Waals surface area (Å²) in [5.74, 6) is 0.109. The van der Waals surface area contributed by atoms with Crippen molar-refractivity contribution in [3.63, 3.8) is 0 Å². The summed E-state index contributed by atoms with van der Waals surface area (Å²) < 4.78 is 38.5. The lowest BCUT2D eigenvalue weighted by Crippen LogP contribution is -2.12. The van der Waals surface area contributed by atoms with Gasteiger partial charge in [0, 0.05) is 18.4 Å². The van der Waals surface area contributed by atoms with Crippen LogP contribution < -0.4 is 4.72 Å². The van der Waals surface area contributed by atoms with Crippen molar-refractivity contribution in [3.05, 3.63) is 66.6 Å². The van der Waals surface area contributed by atoms with Crippen molar-refractivity contribution in [2.45, 2.75) is 31.1 Å². The third kappa shape index (κ3) is 5.45. The van der Waals surface area contributed by atoms with Gasteiger partial charge in [-0.15, -0.1) is 0 Å². The zero-order valence-corrected chi connectivity index (χ0v) is 16.8. The van der Waals surface area contributed by atoms with Gasteiger partial charge in [-0.05, 0) is 25.5 Å². The zero-order chi connectivity index (χ0) is 20.7. The van der Waals surface area contributed by atoms with E-state index in [1.54, 1.807) is 25.1 Å². The number of nitrogens with one attached hydrogen (secondary N) is 1. The van der Waals surface area contributed by atoms with Gasteiger partial charge in [0.05, 0.1) is 11.5 Å². The smallest absolute Gasteiger partial charge is 0.305 e. The summed E-state index contributed by atoms with van der Waals surface area (Å²) in [4.78, 5) is 16.1. The number of oxazole rings is 1. The predicted octanol–water partition coefficient (Wildman–Crippen LogP) is 4.03. The summed E-state index contributed by atoms with van der Waals surface area (Å²) in [7, 11) is -3.83. The number of sulfonamides is 1. The number of nitrogens with zero attached hydrogens (tertiary/aromatic N) is 1. The van der Waals surface area contributed by atoms with Crippen LogP contribution in [0.15, 0.2) is 70.0 Å². The molecule has 2 aromatic carbocycles. The molecule has 3 aromatic rings. The van der Waals surface area contributed by atoms with Crippen LogP contribution in [-0.4, -0.2) is 26.0 Å². The molecule has 3 rings (SSSR count). The van der Waals surface area contributed by atoms with E-state index in [4.69, 9.17) is 9.15 Å². The summed E-state index contributed by atoms with van der Waals surface area (Å²) in [6.07, 6.45) is 1.10. The van der Waals surface area contributed by atoms with E-state index in [1.807, 2.05) is 30.3 Å². The van der Waals surface area contributed by atoms with Crippen LogP contribution in [0, 0.1) is 0 Å². The number of aromatic nitrogens is 1. The van der Waals surface area contributed by atoms with Crippen molar-refractivity contribution in [3.8, 4) is 11.3 Å². The lowest BCUT2D eigenvalue weighted by molar-refractivity contribution is -0.143. The van der Waals surface area contributed by atoms with Crippen LogP contribution >= 0.6 is 0 Å². The van der Waals surface area contributed by atoms with Crippen LogP contribution in [0.25, 0.3) is 11.3 Å². The highest BCUT2D eigenvalue weighted by atomic mass is 32.2. The van der Waals surface area contributed by atoms with Crippen LogP contribution in [0.1, 0.15) is 25.7 Å². The van der Waals surface area contributed by atoms with Crippen LogP contribution in [0.5, 0.6) is 0 Å². The summed E-state index contributed by atoms with van der Waals surface area (Å²) in [6, 6.07) is 17.2. The standard InChI is InChI=1S/C21H22N2O5S/c1-2-27-19(24)15-9-14-18-22-20(16-10-5-3-6-11-16)21(28-18)23-29(25,26)17-12-7-4-8-13-17/h3-8,10-13,23H,2,9,14-15H2,1H3. The van der Waals surface area contributed by atoms with Crippen molar-refractivity contribution in [1.29, 1.82) is 0 Å². The zero-order valence-electron chi connectivity index (χ0n) is 16.0. The number of benzene rings is 2. The monoisotopic (exact) mass is 414 g/mol. The van der Waals surface area contributed by atoms with Gasteiger partial charge in [-0.3, -0.25) is 4.79 Å². The van der Waals surface area contributed by atoms with Crippen molar-refractivity contribution >= 4 is 21.9 Å². The molecule has 0 aliphatic rings. The number of anilines is 1. The second kappa shape index (κ2) is 9.38. The maximum Gasteiger partial charge on any atom is 0.305 e. The van der Waals surface area contributed by atoms with Crippen LogP contribution in [0.2, 0.25) is 0 Å². The van der Waals surface area contributed by atoms with E-state index in [-0.39, 0.29) is 23.2 Å². The maximum absolute atomic E-state index is 12.7. The third-order valence-electron chi connectivity index (χ3n) is 4.08. The molecule has 0 radical (unpaired) electrons. The van der Waals surface area contributed by atoms with Gasteiger partial charge in [0.2, 0.25) is 5.88 Å². The fourth-order valence-corrected chi connectivity index (χ4v) is 3.75. The Labute approximate surface area is 169 Å². The Morgan fingerprint density at radius 1 is 1.07 bits per heavy atom. The van der Waals surface area contributed by atoms with Gasteiger partial charge in [-0.25, -0.2) is 18.1 Å². The molecule has 0 atom stereocenters.